The Balaban J connectivity index is 1.32. The quantitative estimate of drug-likeness (QED) is 0.317. The van der Waals surface area contributed by atoms with E-state index in [1.165, 1.54) is 11.8 Å². The number of nitrogens with one attached hydrogen (secondary N) is 2. The molecule has 0 saturated carbocycles. The van der Waals surface area contributed by atoms with Gasteiger partial charge >= 0.3 is 0 Å². The van der Waals surface area contributed by atoms with Crippen LogP contribution in [-0.4, -0.2) is 26.8 Å². The van der Waals surface area contributed by atoms with Gasteiger partial charge in [0.1, 0.15) is 12.4 Å². The molecule has 3 aromatic carbocycles. The summed E-state index contributed by atoms with van der Waals surface area (Å²) < 4.78 is 5.74. The maximum absolute atomic E-state index is 12.7. The first-order valence-electron chi connectivity index (χ1n) is 10.4. The summed E-state index contributed by atoms with van der Waals surface area (Å²) in [5.74, 6) is 1.38. The summed E-state index contributed by atoms with van der Waals surface area (Å²) in [5, 5.41) is 11.3. The molecule has 0 fully saturated rings. The second kappa shape index (κ2) is 11.0. The van der Waals surface area contributed by atoms with Crippen molar-refractivity contribution < 1.29 is 9.53 Å². The summed E-state index contributed by atoms with van der Waals surface area (Å²) in [7, 11) is 0. The van der Waals surface area contributed by atoms with Gasteiger partial charge in [0.05, 0.1) is 11.8 Å². The number of aromatic nitrogens is 3. The van der Waals surface area contributed by atoms with Crippen molar-refractivity contribution in [2.45, 2.75) is 24.7 Å². The molecule has 2 N–H and O–H groups in total. The van der Waals surface area contributed by atoms with E-state index in [1.807, 2.05) is 79.7 Å². The highest BCUT2D eigenvalue weighted by atomic mass is 35.5. The number of hydrogen-bond acceptors (Lipinski definition) is 5. The van der Waals surface area contributed by atoms with E-state index < -0.39 is 0 Å². The molecule has 1 heterocycles. The Hall–Kier alpha value is -3.29. The molecule has 168 valence electrons. The van der Waals surface area contributed by atoms with Crippen LogP contribution in [-0.2, 0) is 11.4 Å². The van der Waals surface area contributed by atoms with Gasteiger partial charge in [0.15, 0.2) is 5.82 Å². The number of aromatic amines is 1. The van der Waals surface area contributed by atoms with E-state index in [9.17, 15) is 4.79 Å². The average Bonchev–Trinajstić information content (AvgIpc) is 3.31. The Morgan fingerprint density at radius 2 is 1.73 bits per heavy atom. The first-order chi connectivity index (χ1) is 16.1. The number of benzene rings is 3. The Morgan fingerprint density at radius 3 is 2.36 bits per heavy atom. The van der Waals surface area contributed by atoms with Gasteiger partial charge in [-0.05, 0) is 41.8 Å². The van der Waals surface area contributed by atoms with Crippen LogP contribution in [0.3, 0.4) is 0 Å². The molecule has 0 unspecified atom stereocenters. The molecule has 0 atom stereocenters. The predicted octanol–water partition coefficient (Wildman–Crippen LogP) is 5.34. The van der Waals surface area contributed by atoms with Crippen molar-refractivity contribution in [2.24, 2.45) is 0 Å². The summed E-state index contributed by atoms with van der Waals surface area (Å²) in [6, 6.07) is 25.1. The number of H-pyrrole nitrogens is 1. The van der Waals surface area contributed by atoms with Crippen LogP contribution in [0.2, 0.25) is 5.02 Å². The van der Waals surface area contributed by atoms with Gasteiger partial charge in [-0.2, -0.15) is 0 Å². The first kappa shape index (κ1) is 22.9. The Bertz CT molecular complexity index is 1160. The molecule has 0 radical (unpaired) electrons. The number of hydrogen-bond donors (Lipinski definition) is 2. The normalized spacial score (nSPS) is 10.9. The van der Waals surface area contributed by atoms with E-state index in [2.05, 4.69) is 20.5 Å². The Labute approximate surface area is 201 Å². The van der Waals surface area contributed by atoms with Crippen molar-refractivity contribution in [3.8, 4) is 5.75 Å². The van der Waals surface area contributed by atoms with Gasteiger partial charge in [0.2, 0.25) is 11.1 Å². The van der Waals surface area contributed by atoms with Crippen LogP contribution in [0.4, 0.5) is 0 Å². The van der Waals surface area contributed by atoms with Crippen molar-refractivity contribution in [3.63, 3.8) is 0 Å². The minimum atomic E-state index is -0.223. The van der Waals surface area contributed by atoms with Crippen LogP contribution in [0, 0.1) is 6.92 Å². The molecule has 0 spiro atoms. The zero-order valence-electron chi connectivity index (χ0n) is 18.0. The lowest BCUT2D eigenvalue weighted by Crippen LogP contribution is -2.30. The van der Waals surface area contributed by atoms with Gasteiger partial charge in [-0.1, -0.05) is 84.0 Å². The van der Waals surface area contributed by atoms with Crippen LogP contribution in [0.1, 0.15) is 28.6 Å². The Kier molecular flexibility index (Phi) is 7.65. The fraction of sp³-hybridized carbons (Fsp3) is 0.160. The van der Waals surface area contributed by atoms with Crippen molar-refractivity contribution in [1.82, 2.24) is 20.5 Å². The maximum Gasteiger partial charge on any atom is 0.231 e. The highest BCUT2D eigenvalue weighted by molar-refractivity contribution is 7.99. The predicted molar refractivity (Wildman–Crippen MR) is 130 cm³/mol. The lowest BCUT2D eigenvalue weighted by atomic mass is 9.99. The van der Waals surface area contributed by atoms with Crippen LogP contribution in [0.5, 0.6) is 5.75 Å². The van der Waals surface area contributed by atoms with Gasteiger partial charge in [-0.3, -0.25) is 9.89 Å². The van der Waals surface area contributed by atoms with Crippen LogP contribution >= 0.6 is 23.4 Å². The molecule has 8 heteroatoms. The fourth-order valence-electron chi connectivity index (χ4n) is 3.25. The molecule has 33 heavy (non-hydrogen) atoms. The maximum atomic E-state index is 12.7. The van der Waals surface area contributed by atoms with E-state index in [4.69, 9.17) is 16.3 Å². The number of ether oxygens (including phenoxy) is 1. The third kappa shape index (κ3) is 6.37. The zero-order valence-corrected chi connectivity index (χ0v) is 19.6. The molecule has 6 nitrogen and oxygen atoms in total. The smallest absolute Gasteiger partial charge is 0.231 e. The lowest BCUT2D eigenvalue weighted by molar-refractivity contribution is -0.119. The molecule has 0 bridgehead atoms. The summed E-state index contributed by atoms with van der Waals surface area (Å²) in [6.07, 6.45) is 0. The summed E-state index contributed by atoms with van der Waals surface area (Å²) in [5.41, 5.74) is 2.99. The zero-order chi connectivity index (χ0) is 23.0. The van der Waals surface area contributed by atoms with Crippen molar-refractivity contribution >= 4 is 29.3 Å². The van der Waals surface area contributed by atoms with E-state index in [0.29, 0.717) is 21.8 Å². The fourth-order valence-corrected chi connectivity index (χ4v) is 3.99. The molecule has 4 rings (SSSR count). The first-order valence-corrected chi connectivity index (χ1v) is 11.8. The number of aryl methyl sites for hydroxylation is 1. The number of carbonyl (C=O) groups excluding carboxylic acids is 1. The summed E-state index contributed by atoms with van der Waals surface area (Å²) >= 11 is 7.31. The van der Waals surface area contributed by atoms with Crippen molar-refractivity contribution in [2.75, 3.05) is 5.75 Å². The minimum Gasteiger partial charge on any atom is -0.486 e. The van der Waals surface area contributed by atoms with E-state index in [1.54, 1.807) is 6.07 Å². The second-order valence-electron chi connectivity index (χ2n) is 7.37. The molecular formula is C25H23ClN4O2S. The molecule has 1 aromatic heterocycles. The number of carbonyl (C=O) groups is 1. The van der Waals surface area contributed by atoms with Crippen LogP contribution in [0.25, 0.3) is 0 Å². The highest BCUT2D eigenvalue weighted by Gasteiger charge is 2.17. The third-order valence-electron chi connectivity index (χ3n) is 4.92. The molecule has 0 aliphatic carbocycles. The number of thioether (sulfide) groups is 1. The standard InChI is InChI=1S/C25H23ClN4O2S/c1-17-14-20(12-13-21(17)26)32-15-22-27-25(30-29-22)33-16-23(31)28-24(18-8-4-2-5-9-18)19-10-6-3-7-11-19/h2-14,24H,15-16H2,1H3,(H,28,31)(H,27,29,30). The van der Waals surface area contributed by atoms with Gasteiger partial charge < -0.3 is 10.1 Å². The SMILES string of the molecule is Cc1cc(OCc2nc(SCC(=O)NC(c3ccccc3)c3ccccc3)n[nH]2)ccc1Cl. The number of rotatable bonds is 9. The lowest BCUT2D eigenvalue weighted by Gasteiger charge is -2.19. The monoisotopic (exact) mass is 478 g/mol. The largest absolute Gasteiger partial charge is 0.486 e. The number of nitrogens with zero attached hydrogens (tertiary/aromatic N) is 2. The van der Waals surface area contributed by atoms with Crippen LogP contribution < -0.4 is 10.1 Å². The number of amides is 1. The summed E-state index contributed by atoms with van der Waals surface area (Å²) in [6.45, 7) is 2.16. The molecule has 1 amide bonds. The molecular weight excluding hydrogens is 456 g/mol. The summed E-state index contributed by atoms with van der Waals surface area (Å²) in [4.78, 5) is 17.1. The van der Waals surface area contributed by atoms with Crippen molar-refractivity contribution in [3.05, 3.63) is 106 Å². The van der Waals surface area contributed by atoms with Crippen molar-refractivity contribution in [1.29, 1.82) is 0 Å². The van der Waals surface area contributed by atoms with E-state index in [-0.39, 0.29) is 24.3 Å². The highest BCUT2D eigenvalue weighted by Crippen LogP contribution is 2.23. The van der Waals surface area contributed by atoms with Gasteiger partial charge in [-0.15, -0.1) is 5.10 Å². The van der Waals surface area contributed by atoms with Gasteiger partial charge in [0, 0.05) is 5.02 Å². The molecule has 0 saturated heterocycles. The number of halogens is 1. The topological polar surface area (TPSA) is 79.9 Å². The van der Waals surface area contributed by atoms with E-state index in [0.717, 1.165) is 16.7 Å². The average molecular weight is 479 g/mol. The molecule has 0 aliphatic rings. The molecule has 0 aliphatic heterocycles. The minimum absolute atomic E-state index is 0.100. The second-order valence-corrected chi connectivity index (χ2v) is 8.72. The Morgan fingerprint density at radius 1 is 1.06 bits per heavy atom. The van der Waals surface area contributed by atoms with Gasteiger partial charge in [0.25, 0.3) is 0 Å². The van der Waals surface area contributed by atoms with Gasteiger partial charge in [-0.25, -0.2) is 4.98 Å². The van der Waals surface area contributed by atoms with Crippen LogP contribution in [0.15, 0.2) is 84.0 Å². The third-order valence-corrected chi connectivity index (χ3v) is 6.19. The van der Waals surface area contributed by atoms with E-state index >= 15 is 0 Å². The molecule has 4 aromatic rings.